The molecule has 1 unspecified atom stereocenters. The molecule has 5 nitrogen and oxygen atoms in total. The van der Waals surface area contributed by atoms with Crippen LogP contribution in [0.4, 0.5) is 0 Å². The minimum atomic E-state index is -0.503. The minimum absolute atomic E-state index is 0.0870. The Hall–Kier alpha value is -1.12. The normalized spacial score (nSPS) is 24.1. The molecule has 0 radical (unpaired) electrons. The van der Waals surface area contributed by atoms with Crippen molar-refractivity contribution in [3.8, 4) is 6.07 Å². The molecule has 0 aromatic rings. The number of hydrogen-bond donors (Lipinski definition) is 1. The maximum absolute atomic E-state index is 11.6. The summed E-state index contributed by atoms with van der Waals surface area (Å²) in [5.74, 6) is -0.0870. The van der Waals surface area contributed by atoms with Gasteiger partial charge in [0, 0.05) is 6.54 Å². The molecule has 0 aromatic heterocycles. The van der Waals surface area contributed by atoms with Crippen molar-refractivity contribution >= 4 is 5.91 Å². The Labute approximate surface area is 83.4 Å². The lowest BCUT2D eigenvalue weighted by atomic mass is 10.2. The predicted molar refractivity (Wildman–Crippen MR) is 50.2 cm³/mol. The highest BCUT2D eigenvalue weighted by Gasteiger charge is 2.26. The summed E-state index contributed by atoms with van der Waals surface area (Å²) in [4.78, 5) is 13.2. The summed E-state index contributed by atoms with van der Waals surface area (Å²) in [6, 6.07) is 1.54. The van der Waals surface area contributed by atoms with Crippen molar-refractivity contribution < 1.29 is 9.53 Å². The van der Waals surface area contributed by atoms with Crippen LogP contribution in [-0.2, 0) is 9.53 Å². The molecular formula is C9H15N3O2. The number of amides is 1. The topological polar surface area (TPSA) is 79.3 Å². The van der Waals surface area contributed by atoms with E-state index in [1.807, 2.05) is 13.0 Å². The molecule has 78 valence electrons. The second-order valence-corrected chi connectivity index (χ2v) is 3.29. The summed E-state index contributed by atoms with van der Waals surface area (Å²) in [6.07, 6.45) is 0.115. The summed E-state index contributed by atoms with van der Waals surface area (Å²) >= 11 is 0. The van der Waals surface area contributed by atoms with E-state index in [0.717, 1.165) is 0 Å². The third-order valence-corrected chi connectivity index (χ3v) is 2.28. The van der Waals surface area contributed by atoms with Gasteiger partial charge in [0.1, 0.15) is 0 Å². The van der Waals surface area contributed by atoms with Gasteiger partial charge < -0.3 is 15.4 Å². The molecule has 1 amide bonds. The smallest absolute Gasteiger partial charge is 0.239 e. The van der Waals surface area contributed by atoms with E-state index in [4.69, 9.17) is 15.7 Å². The number of ether oxygens (including phenoxy) is 1. The lowest BCUT2D eigenvalue weighted by Crippen LogP contribution is -2.50. The minimum Gasteiger partial charge on any atom is -0.360 e. The molecule has 0 aliphatic carbocycles. The van der Waals surface area contributed by atoms with Gasteiger partial charge in [0.2, 0.25) is 5.91 Å². The van der Waals surface area contributed by atoms with Crippen LogP contribution in [0.5, 0.6) is 0 Å². The highest BCUT2D eigenvalue weighted by Crippen LogP contribution is 2.06. The van der Waals surface area contributed by atoms with E-state index in [-0.39, 0.29) is 5.91 Å². The number of nitriles is 1. The lowest BCUT2D eigenvalue weighted by molar-refractivity contribution is -0.138. The Morgan fingerprint density at radius 2 is 2.57 bits per heavy atom. The van der Waals surface area contributed by atoms with Crippen LogP contribution in [0.1, 0.15) is 13.3 Å². The molecule has 1 fully saturated rings. The number of nitrogens with zero attached hydrogens (tertiary/aromatic N) is 2. The molecule has 1 heterocycles. The maximum Gasteiger partial charge on any atom is 0.239 e. The monoisotopic (exact) mass is 197 g/mol. The van der Waals surface area contributed by atoms with Crippen LogP contribution in [0, 0.1) is 11.3 Å². The Bertz CT molecular complexity index is 249. The van der Waals surface area contributed by atoms with Crippen molar-refractivity contribution in [3.05, 3.63) is 0 Å². The van der Waals surface area contributed by atoms with E-state index in [0.29, 0.717) is 26.1 Å². The van der Waals surface area contributed by atoms with Gasteiger partial charge in [-0.05, 0) is 6.42 Å². The molecule has 5 heteroatoms. The van der Waals surface area contributed by atoms with Gasteiger partial charge in [-0.1, -0.05) is 6.92 Å². The van der Waals surface area contributed by atoms with Crippen LogP contribution >= 0.6 is 0 Å². The summed E-state index contributed by atoms with van der Waals surface area (Å²) in [5.41, 5.74) is 5.62. The molecule has 1 rings (SSSR count). The first-order chi connectivity index (χ1) is 6.69. The Morgan fingerprint density at radius 1 is 1.86 bits per heavy atom. The first-order valence-corrected chi connectivity index (χ1v) is 4.74. The van der Waals surface area contributed by atoms with E-state index in [1.165, 1.54) is 0 Å². The average Bonchev–Trinajstić information content (AvgIpc) is 2.27. The first kappa shape index (κ1) is 11.0. The van der Waals surface area contributed by atoms with Crippen LogP contribution < -0.4 is 5.73 Å². The molecule has 0 aromatic carbocycles. The van der Waals surface area contributed by atoms with Gasteiger partial charge in [-0.25, -0.2) is 0 Å². The van der Waals surface area contributed by atoms with Gasteiger partial charge in [0.15, 0.2) is 6.10 Å². The molecule has 0 spiro atoms. The summed E-state index contributed by atoms with van der Waals surface area (Å²) in [5, 5.41) is 8.64. The van der Waals surface area contributed by atoms with Crippen molar-refractivity contribution in [2.75, 3.05) is 19.7 Å². The van der Waals surface area contributed by atoms with Crippen LogP contribution in [0.15, 0.2) is 0 Å². The van der Waals surface area contributed by atoms with Crippen molar-refractivity contribution in [2.24, 2.45) is 5.73 Å². The van der Waals surface area contributed by atoms with Crippen LogP contribution in [-0.4, -0.2) is 42.6 Å². The third kappa shape index (κ3) is 2.44. The van der Waals surface area contributed by atoms with E-state index in [1.54, 1.807) is 4.90 Å². The van der Waals surface area contributed by atoms with Gasteiger partial charge >= 0.3 is 0 Å². The van der Waals surface area contributed by atoms with Gasteiger partial charge in [-0.15, -0.1) is 0 Å². The molecular weight excluding hydrogens is 182 g/mol. The Balaban J connectivity index is 2.52. The van der Waals surface area contributed by atoms with Gasteiger partial charge in [0.25, 0.3) is 0 Å². The third-order valence-electron chi connectivity index (χ3n) is 2.28. The van der Waals surface area contributed by atoms with Crippen molar-refractivity contribution in [1.29, 1.82) is 5.26 Å². The fourth-order valence-electron chi connectivity index (χ4n) is 1.34. The standard InChI is InChI=1S/C9H15N3O2/c1-2-8(11)9(13)12-3-4-14-7(5-10)6-12/h7-8H,2-4,6,11H2,1H3/t7?,8-/m0/s1. The van der Waals surface area contributed by atoms with Crippen LogP contribution in [0.2, 0.25) is 0 Å². The molecule has 2 N–H and O–H groups in total. The zero-order valence-electron chi connectivity index (χ0n) is 8.27. The summed E-state index contributed by atoms with van der Waals surface area (Å²) in [7, 11) is 0. The predicted octanol–water partition coefficient (Wildman–Crippen LogP) is -0.525. The average molecular weight is 197 g/mol. The molecule has 1 aliphatic rings. The number of hydrogen-bond acceptors (Lipinski definition) is 4. The zero-order chi connectivity index (χ0) is 10.6. The summed E-state index contributed by atoms with van der Waals surface area (Å²) < 4.78 is 5.13. The van der Waals surface area contributed by atoms with Gasteiger partial charge in [-0.2, -0.15) is 5.26 Å². The van der Waals surface area contributed by atoms with E-state index in [2.05, 4.69) is 0 Å². The maximum atomic E-state index is 11.6. The summed E-state index contributed by atoms with van der Waals surface area (Å²) in [6.45, 7) is 3.15. The van der Waals surface area contributed by atoms with Crippen LogP contribution in [0.3, 0.4) is 0 Å². The van der Waals surface area contributed by atoms with Crippen molar-refractivity contribution in [2.45, 2.75) is 25.5 Å². The second kappa shape index (κ2) is 4.94. The highest BCUT2D eigenvalue weighted by molar-refractivity contribution is 5.81. The second-order valence-electron chi connectivity index (χ2n) is 3.29. The Kier molecular flexibility index (Phi) is 3.86. The van der Waals surface area contributed by atoms with Crippen molar-refractivity contribution in [1.82, 2.24) is 4.90 Å². The fourth-order valence-corrected chi connectivity index (χ4v) is 1.34. The molecule has 1 saturated heterocycles. The number of nitrogens with two attached hydrogens (primary N) is 1. The number of carbonyl (C=O) groups is 1. The largest absolute Gasteiger partial charge is 0.360 e. The van der Waals surface area contributed by atoms with Crippen LogP contribution in [0.25, 0.3) is 0 Å². The fraction of sp³-hybridized carbons (Fsp3) is 0.778. The number of carbonyl (C=O) groups excluding carboxylic acids is 1. The molecule has 2 atom stereocenters. The Morgan fingerprint density at radius 3 is 3.14 bits per heavy atom. The van der Waals surface area contributed by atoms with Crippen molar-refractivity contribution in [3.63, 3.8) is 0 Å². The quantitative estimate of drug-likeness (QED) is 0.645. The van der Waals surface area contributed by atoms with E-state index in [9.17, 15) is 4.79 Å². The molecule has 1 aliphatic heterocycles. The molecule has 0 saturated carbocycles. The lowest BCUT2D eigenvalue weighted by Gasteiger charge is -2.31. The molecule has 0 bridgehead atoms. The van der Waals surface area contributed by atoms with Gasteiger partial charge in [-0.3, -0.25) is 4.79 Å². The first-order valence-electron chi connectivity index (χ1n) is 4.74. The van der Waals surface area contributed by atoms with E-state index < -0.39 is 12.1 Å². The number of morpholine rings is 1. The zero-order valence-corrected chi connectivity index (χ0v) is 8.27. The molecule has 14 heavy (non-hydrogen) atoms. The van der Waals surface area contributed by atoms with E-state index >= 15 is 0 Å². The number of rotatable bonds is 2. The highest BCUT2D eigenvalue weighted by atomic mass is 16.5. The SMILES string of the molecule is CC[C@H](N)C(=O)N1CCOC(C#N)C1. The van der Waals surface area contributed by atoms with Gasteiger partial charge in [0.05, 0.1) is 25.3 Å².